The van der Waals surface area contributed by atoms with Crippen LogP contribution in [0.1, 0.15) is 0 Å². The standard InChI is InChI=1S/C9H14N5O4P/c1-17-8-6-7(12-9(10)13-8)14(4-11-6)2-3-18-5-19(15)16/h4,15-16H,2-3,5H2,1H3,(H2,10,12,13). The molecule has 2 aromatic rings. The predicted octanol–water partition coefficient (Wildman–Crippen LogP) is -0.312. The van der Waals surface area contributed by atoms with Gasteiger partial charge in [-0.05, 0) is 0 Å². The van der Waals surface area contributed by atoms with Crippen molar-refractivity contribution in [3.63, 3.8) is 0 Å². The second-order valence-electron chi connectivity index (χ2n) is 3.61. The topological polar surface area (TPSA) is 129 Å². The predicted molar refractivity (Wildman–Crippen MR) is 68.5 cm³/mol. The van der Waals surface area contributed by atoms with E-state index in [1.807, 2.05) is 0 Å². The number of anilines is 1. The van der Waals surface area contributed by atoms with Gasteiger partial charge in [-0.25, -0.2) is 4.98 Å². The highest BCUT2D eigenvalue weighted by atomic mass is 31.2. The maximum atomic E-state index is 8.71. The molecule has 4 N–H and O–H groups in total. The number of ether oxygens (including phenoxy) is 2. The summed E-state index contributed by atoms with van der Waals surface area (Å²) in [5, 5.41) is 0. The quantitative estimate of drug-likeness (QED) is 0.487. The summed E-state index contributed by atoms with van der Waals surface area (Å²) in [6.45, 7) is 0.761. The van der Waals surface area contributed by atoms with Gasteiger partial charge in [0, 0.05) is 6.54 Å². The Bertz CT molecular complexity index is 561. The van der Waals surface area contributed by atoms with Crippen LogP contribution < -0.4 is 10.5 Å². The fourth-order valence-corrected chi connectivity index (χ4v) is 1.84. The van der Waals surface area contributed by atoms with Gasteiger partial charge < -0.3 is 29.6 Å². The number of hydrogen-bond acceptors (Lipinski definition) is 8. The van der Waals surface area contributed by atoms with E-state index in [9.17, 15) is 0 Å². The van der Waals surface area contributed by atoms with Crippen molar-refractivity contribution < 1.29 is 19.3 Å². The first-order valence-corrected chi connectivity index (χ1v) is 6.80. The van der Waals surface area contributed by atoms with Crippen LogP contribution in [-0.4, -0.2) is 49.4 Å². The van der Waals surface area contributed by atoms with Crippen LogP contribution in [0.2, 0.25) is 0 Å². The number of nitrogens with zero attached hydrogens (tertiary/aromatic N) is 4. The molecule has 0 fully saturated rings. The molecule has 0 aliphatic rings. The van der Waals surface area contributed by atoms with Crippen LogP contribution >= 0.6 is 8.38 Å². The minimum Gasteiger partial charge on any atom is -0.479 e. The minimum absolute atomic E-state index is 0.0809. The molecule has 9 nitrogen and oxygen atoms in total. The molecule has 10 heteroatoms. The zero-order chi connectivity index (χ0) is 13.8. The average molecular weight is 287 g/mol. The van der Waals surface area contributed by atoms with E-state index in [0.29, 0.717) is 30.2 Å². The van der Waals surface area contributed by atoms with Gasteiger partial charge in [0.15, 0.2) is 19.5 Å². The first-order chi connectivity index (χ1) is 9.11. The zero-order valence-electron chi connectivity index (χ0n) is 10.2. The van der Waals surface area contributed by atoms with E-state index in [1.54, 1.807) is 10.9 Å². The maximum Gasteiger partial charge on any atom is 0.246 e. The number of hydrogen-bond donors (Lipinski definition) is 3. The van der Waals surface area contributed by atoms with E-state index < -0.39 is 8.38 Å². The third-order valence-electron chi connectivity index (χ3n) is 2.33. The van der Waals surface area contributed by atoms with Crippen molar-refractivity contribution in [1.29, 1.82) is 0 Å². The highest BCUT2D eigenvalue weighted by Gasteiger charge is 2.12. The summed E-state index contributed by atoms with van der Waals surface area (Å²) < 4.78 is 11.9. The van der Waals surface area contributed by atoms with E-state index >= 15 is 0 Å². The molecule has 2 heterocycles. The molecule has 0 aliphatic heterocycles. The third kappa shape index (κ3) is 3.27. The van der Waals surface area contributed by atoms with Crippen molar-refractivity contribution in [1.82, 2.24) is 19.5 Å². The summed E-state index contributed by atoms with van der Waals surface area (Å²) >= 11 is 0. The van der Waals surface area contributed by atoms with E-state index in [-0.39, 0.29) is 12.3 Å². The summed E-state index contributed by atoms with van der Waals surface area (Å²) in [7, 11) is -0.549. The fourth-order valence-electron chi connectivity index (χ4n) is 1.55. The van der Waals surface area contributed by atoms with Crippen molar-refractivity contribution in [3.05, 3.63) is 6.33 Å². The molecule has 2 rings (SSSR count). The van der Waals surface area contributed by atoms with Crippen molar-refractivity contribution in [2.24, 2.45) is 0 Å². The van der Waals surface area contributed by atoms with Crippen LogP contribution in [0.3, 0.4) is 0 Å². The second-order valence-corrected chi connectivity index (χ2v) is 4.61. The van der Waals surface area contributed by atoms with Gasteiger partial charge in [-0.15, -0.1) is 0 Å². The van der Waals surface area contributed by atoms with Crippen molar-refractivity contribution in [3.8, 4) is 5.88 Å². The largest absolute Gasteiger partial charge is 0.479 e. The fraction of sp³-hybridized carbons (Fsp3) is 0.444. The van der Waals surface area contributed by atoms with Crippen LogP contribution in [0.15, 0.2) is 6.33 Å². The second kappa shape index (κ2) is 6.07. The van der Waals surface area contributed by atoms with Gasteiger partial charge in [0.1, 0.15) is 6.35 Å². The third-order valence-corrected chi connectivity index (χ3v) is 2.74. The molecule has 0 saturated heterocycles. The molecular weight excluding hydrogens is 273 g/mol. The summed E-state index contributed by atoms with van der Waals surface area (Å²) in [6.07, 6.45) is 1.49. The summed E-state index contributed by atoms with van der Waals surface area (Å²) in [6, 6.07) is 0. The highest BCUT2D eigenvalue weighted by Crippen LogP contribution is 2.23. The van der Waals surface area contributed by atoms with Gasteiger partial charge >= 0.3 is 0 Å². The van der Waals surface area contributed by atoms with Crippen molar-refractivity contribution in [2.45, 2.75) is 6.54 Å². The lowest BCUT2D eigenvalue weighted by molar-refractivity contribution is 0.159. The van der Waals surface area contributed by atoms with Crippen molar-refractivity contribution >= 4 is 25.5 Å². The Labute approximate surface area is 109 Å². The monoisotopic (exact) mass is 287 g/mol. The summed E-state index contributed by atoms with van der Waals surface area (Å²) in [5.74, 6) is 0.415. The number of rotatable bonds is 6. The molecule has 0 amide bonds. The summed E-state index contributed by atoms with van der Waals surface area (Å²) in [4.78, 5) is 29.6. The summed E-state index contributed by atoms with van der Waals surface area (Å²) in [5.41, 5.74) is 6.65. The Morgan fingerprint density at radius 1 is 1.42 bits per heavy atom. The molecule has 0 saturated carbocycles. The lowest BCUT2D eigenvalue weighted by Gasteiger charge is -2.06. The highest BCUT2D eigenvalue weighted by molar-refractivity contribution is 7.44. The molecule has 0 aliphatic carbocycles. The van der Waals surface area contributed by atoms with E-state index in [4.69, 9.17) is 25.0 Å². The molecule has 104 valence electrons. The number of nitrogens with two attached hydrogens (primary N) is 1. The minimum atomic E-state index is -2.03. The first-order valence-electron chi connectivity index (χ1n) is 5.37. The van der Waals surface area contributed by atoms with E-state index in [1.165, 1.54) is 7.11 Å². The molecule has 0 spiro atoms. The lowest BCUT2D eigenvalue weighted by atomic mass is 10.5. The normalized spacial score (nSPS) is 11.4. The van der Waals surface area contributed by atoms with E-state index in [0.717, 1.165) is 0 Å². The van der Waals surface area contributed by atoms with Crippen LogP contribution in [0, 0.1) is 0 Å². The number of methoxy groups -OCH3 is 1. The maximum absolute atomic E-state index is 8.71. The Kier molecular flexibility index (Phi) is 4.43. The number of imidazole rings is 1. The van der Waals surface area contributed by atoms with Gasteiger partial charge in [0.05, 0.1) is 20.0 Å². The first kappa shape index (κ1) is 13.9. The van der Waals surface area contributed by atoms with Gasteiger partial charge in [-0.2, -0.15) is 9.97 Å². The number of aromatic nitrogens is 4. The number of fused-ring (bicyclic) bond motifs is 1. The molecule has 2 aromatic heterocycles. The van der Waals surface area contributed by atoms with E-state index in [2.05, 4.69) is 15.0 Å². The Morgan fingerprint density at radius 3 is 2.89 bits per heavy atom. The molecule has 19 heavy (non-hydrogen) atoms. The lowest BCUT2D eigenvalue weighted by Crippen LogP contribution is -2.07. The van der Waals surface area contributed by atoms with Gasteiger partial charge in [0.2, 0.25) is 11.8 Å². The van der Waals surface area contributed by atoms with Crippen LogP contribution in [-0.2, 0) is 11.3 Å². The Morgan fingerprint density at radius 2 is 2.21 bits per heavy atom. The van der Waals surface area contributed by atoms with Crippen LogP contribution in [0.25, 0.3) is 11.2 Å². The Hall–Kier alpha value is -1.54. The Balaban J connectivity index is 2.13. The van der Waals surface area contributed by atoms with Crippen LogP contribution in [0.5, 0.6) is 5.88 Å². The van der Waals surface area contributed by atoms with Gasteiger partial charge in [0.25, 0.3) is 0 Å². The van der Waals surface area contributed by atoms with Gasteiger partial charge in [-0.3, -0.25) is 0 Å². The molecular formula is C9H14N5O4P. The van der Waals surface area contributed by atoms with Gasteiger partial charge in [-0.1, -0.05) is 0 Å². The molecule has 0 aromatic carbocycles. The smallest absolute Gasteiger partial charge is 0.246 e. The molecule has 0 radical (unpaired) electrons. The average Bonchev–Trinajstić information content (AvgIpc) is 2.76. The molecule has 0 atom stereocenters. The molecule has 0 bridgehead atoms. The molecule has 0 unspecified atom stereocenters. The van der Waals surface area contributed by atoms with Crippen LogP contribution in [0.4, 0.5) is 5.95 Å². The zero-order valence-corrected chi connectivity index (χ0v) is 11.1. The van der Waals surface area contributed by atoms with Crippen molar-refractivity contribution in [2.75, 3.05) is 25.8 Å². The SMILES string of the molecule is COc1nc(N)nc2c1ncn2CCOCP(O)O. The number of nitrogen functional groups attached to an aromatic ring is 1.